The molecule has 0 saturated carbocycles. The largest absolute Gasteiger partial charge is 0.461 e. The highest BCUT2D eigenvalue weighted by atomic mass is 19.1. The minimum absolute atomic E-state index is 0.0894. The SMILES string of the molecule is CC[C@H](CO)C(=O)OC/C=C/C(=O)Oc1ccc(F)cc1. The first-order chi connectivity index (χ1) is 10.1. The van der Waals surface area contributed by atoms with Gasteiger partial charge in [0.05, 0.1) is 12.5 Å². The monoisotopic (exact) mass is 296 g/mol. The Hall–Kier alpha value is -2.21. The molecule has 0 aliphatic rings. The summed E-state index contributed by atoms with van der Waals surface area (Å²) in [6.07, 6.45) is 2.91. The summed E-state index contributed by atoms with van der Waals surface area (Å²) in [5.41, 5.74) is 0. The van der Waals surface area contributed by atoms with Gasteiger partial charge >= 0.3 is 11.9 Å². The standard InChI is InChI=1S/C15H17FO5/c1-2-11(10-17)15(19)20-9-3-4-14(18)21-13-7-5-12(16)6-8-13/h3-8,11,17H,2,9-10H2,1H3/b4-3+/t11-/m1/s1. The number of benzene rings is 1. The number of hydrogen-bond acceptors (Lipinski definition) is 5. The van der Waals surface area contributed by atoms with Crippen LogP contribution in [0, 0.1) is 11.7 Å². The van der Waals surface area contributed by atoms with Crippen LogP contribution < -0.4 is 4.74 Å². The average Bonchev–Trinajstić information content (AvgIpc) is 2.47. The van der Waals surface area contributed by atoms with Crippen LogP contribution in [0.15, 0.2) is 36.4 Å². The smallest absolute Gasteiger partial charge is 0.335 e. The minimum atomic E-state index is -0.660. The zero-order chi connectivity index (χ0) is 15.7. The molecule has 5 nitrogen and oxygen atoms in total. The molecule has 0 amide bonds. The maximum atomic E-state index is 12.7. The number of hydrogen-bond donors (Lipinski definition) is 1. The van der Waals surface area contributed by atoms with Crippen LogP contribution in [0.3, 0.4) is 0 Å². The fourth-order valence-electron chi connectivity index (χ4n) is 1.42. The van der Waals surface area contributed by atoms with Gasteiger partial charge in [0.25, 0.3) is 0 Å². The molecule has 0 bridgehead atoms. The maximum absolute atomic E-state index is 12.7. The van der Waals surface area contributed by atoms with E-state index in [2.05, 4.69) is 0 Å². The molecule has 0 unspecified atom stereocenters. The Morgan fingerprint density at radius 1 is 1.33 bits per heavy atom. The third-order valence-corrected chi connectivity index (χ3v) is 2.65. The van der Waals surface area contributed by atoms with Crippen LogP contribution in [0.4, 0.5) is 4.39 Å². The van der Waals surface area contributed by atoms with Gasteiger partial charge in [-0.15, -0.1) is 0 Å². The molecular formula is C15H17FO5. The molecule has 0 heterocycles. The van der Waals surface area contributed by atoms with Crippen molar-refractivity contribution in [3.05, 3.63) is 42.2 Å². The highest BCUT2D eigenvalue weighted by Gasteiger charge is 2.15. The van der Waals surface area contributed by atoms with Crippen LogP contribution >= 0.6 is 0 Å². The first kappa shape index (κ1) is 16.8. The molecule has 0 saturated heterocycles. The molecule has 1 rings (SSSR count). The second-order valence-corrected chi connectivity index (χ2v) is 4.20. The van der Waals surface area contributed by atoms with Gasteiger partial charge in [0.15, 0.2) is 0 Å². The van der Waals surface area contributed by atoms with Crippen molar-refractivity contribution < 1.29 is 28.6 Å². The molecule has 0 aliphatic heterocycles. The molecule has 1 aromatic carbocycles. The predicted molar refractivity (Wildman–Crippen MR) is 73.0 cm³/mol. The van der Waals surface area contributed by atoms with Crippen LogP contribution in [-0.4, -0.2) is 30.3 Å². The van der Waals surface area contributed by atoms with E-state index in [9.17, 15) is 14.0 Å². The van der Waals surface area contributed by atoms with Crippen LogP contribution in [0.1, 0.15) is 13.3 Å². The van der Waals surface area contributed by atoms with E-state index in [-0.39, 0.29) is 19.0 Å². The molecule has 1 atom stereocenters. The molecule has 0 radical (unpaired) electrons. The highest BCUT2D eigenvalue weighted by molar-refractivity contribution is 5.84. The summed E-state index contributed by atoms with van der Waals surface area (Å²) in [6, 6.07) is 5.00. The number of halogens is 1. The topological polar surface area (TPSA) is 72.8 Å². The lowest BCUT2D eigenvalue weighted by molar-refractivity contribution is -0.148. The molecule has 0 fully saturated rings. The van der Waals surface area contributed by atoms with Gasteiger partial charge < -0.3 is 14.6 Å². The van der Waals surface area contributed by atoms with Crippen molar-refractivity contribution in [3.8, 4) is 5.75 Å². The Labute approximate surface area is 122 Å². The fourth-order valence-corrected chi connectivity index (χ4v) is 1.42. The molecule has 114 valence electrons. The number of carbonyl (C=O) groups excluding carboxylic acids is 2. The number of aliphatic hydroxyl groups excluding tert-OH is 1. The Bertz CT molecular complexity index is 491. The van der Waals surface area contributed by atoms with Gasteiger partial charge in [-0.3, -0.25) is 4.79 Å². The molecule has 21 heavy (non-hydrogen) atoms. The zero-order valence-electron chi connectivity index (χ0n) is 11.6. The Kier molecular flexibility index (Phi) is 7.11. The van der Waals surface area contributed by atoms with Crippen molar-refractivity contribution in [2.24, 2.45) is 5.92 Å². The molecule has 6 heteroatoms. The summed E-state index contributed by atoms with van der Waals surface area (Å²) >= 11 is 0. The van der Waals surface area contributed by atoms with Crippen LogP contribution in [0.2, 0.25) is 0 Å². The van der Waals surface area contributed by atoms with Crippen molar-refractivity contribution in [2.45, 2.75) is 13.3 Å². The van der Waals surface area contributed by atoms with E-state index in [4.69, 9.17) is 14.6 Å². The van der Waals surface area contributed by atoms with E-state index < -0.39 is 23.7 Å². The lowest BCUT2D eigenvalue weighted by atomic mass is 10.1. The molecular weight excluding hydrogens is 279 g/mol. The maximum Gasteiger partial charge on any atom is 0.335 e. The summed E-state index contributed by atoms with van der Waals surface area (Å²) in [7, 11) is 0. The number of carbonyl (C=O) groups is 2. The molecule has 0 aliphatic carbocycles. The Morgan fingerprint density at radius 3 is 2.57 bits per heavy atom. The molecule has 1 N–H and O–H groups in total. The lowest BCUT2D eigenvalue weighted by Gasteiger charge is -2.09. The summed E-state index contributed by atoms with van der Waals surface area (Å²) in [6.45, 7) is 1.40. The predicted octanol–water partition coefficient (Wildman–Crippen LogP) is 1.85. The number of rotatable bonds is 7. The molecule has 0 aromatic heterocycles. The van der Waals surface area contributed by atoms with Gasteiger partial charge in [0.1, 0.15) is 18.2 Å². The number of aliphatic hydroxyl groups is 1. The van der Waals surface area contributed by atoms with Crippen molar-refractivity contribution in [1.82, 2.24) is 0 Å². The summed E-state index contributed by atoms with van der Waals surface area (Å²) in [5.74, 6) is -1.94. The molecule has 0 spiro atoms. The first-order valence-corrected chi connectivity index (χ1v) is 6.48. The van der Waals surface area contributed by atoms with Crippen molar-refractivity contribution >= 4 is 11.9 Å². The third-order valence-electron chi connectivity index (χ3n) is 2.65. The van der Waals surface area contributed by atoms with Gasteiger partial charge in [-0.2, -0.15) is 0 Å². The summed E-state index contributed by atoms with van der Waals surface area (Å²) in [4.78, 5) is 22.8. The second-order valence-electron chi connectivity index (χ2n) is 4.20. The average molecular weight is 296 g/mol. The Balaban J connectivity index is 2.34. The number of ether oxygens (including phenoxy) is 2. The van der Waals surface area contributed by atoms with Crippen molar-refractivity contribution in [3.63, 3.8) is 0 Å². The van der Waals surface area contributed by atoms with E-state index >= 15 is 0 Å². The lowest BCUT2D eigenvalue weighted by Crippen LogP contribution is -2.20. The first-order valence-electron chi connectivity index (χ1n) is 6.48. The van der Waals surface area contributed by atoms with Crippen molar-refractivity contribution in [1.29, 1.82) is 0 Å². The van der Waals surface area contributed by atoms with Crippen LogP contribution in [-0.2, 0) is 14.3 Å². The molecule has 1 aromatic rings. The van der Waals surface area contributed by atoms with Gasteiger partial charge in [-0.05, 0) is 36.8 Å². The van der Waals surface area contributed by atoms with Gasteiger partial charge in [0, 0.05) is 6.08 Å². The van der Waals surface area contributed by atoms with E-state index in [1.54, 1.807) is 6.92 Å². The fraction of sp³-hybridized carbons (Fsp3) is 0.333. The Morgan fingerprint density at radius 2 is 2.00 bits per heavy atom. The zero-order valence-corrected chi connectivity index (χ0v) is 11.6. The second kappa shape index (κ2) is 8.86. The van der Waals surface area contributed by atoms with E-state index in [0.717, 1.165) is 6.08 Å². The number of esters is 2. The van der Waals surface area contributed by atoms with Gasteiger partial charge in [0.2, 0.25) is 0 Å². The van der Waals surface area contributed by atoms with Crippen LogP contribution in [0.5, 0.6) is 5.75 Å². The normalized spacial score (nSPS) is 12.1. The van der Waals surface area contributed by atoms with Crippen LogP contribution in [0.25, 0.3) is 0 Å². The van der Waals surface area contributed by atoms with Crippen molar-refractivity contribution in [2.75, 3.05) is 13.2 Å². The van der Waals surface area contributed by atoms with E-state index in [1.807, 2.05) is 0 Å². The summed E-state index contributed by atoms with van der Waals surface area (Å²) < 4.78 is 22.4. The van der Waals surface area contributed by atoms with E-state index in [1.165, 1.54) is 30.3 Å². The summed E-state index contributed by atoms with van der Waals surface area (Å²) in [5, 5.41) is 8.91. The quantitative estimate of drug-likeness (QED) is 0.472. The van der Waals surface area contributed by atoms with E-state index in [0.29, 0.717) is 6.42 Å². The van der Waals surface area contributed by atoms with Gasteiger partial charge in [-0.25, -0.2) is 9.18 Å². The highest BCUT2D eigenvalue weighted by Crippen LogP contribution is 2.11. The third kappa shape index (κ3) is 6.18. The van der Waals surface area contributed by atoms with Gasteiger partial charge in [-0.1, -0.05) is 6.92 Å². The minimum Gasteiger partial charge on any atom is -0.461 e.